The van der Waals surface area contributed by atoms with Crippen molar-refractivity contribution in [1.82, 2.24) is 0 Å². The van der Waals surface area contributed by atoms with Crippen molar-refractivity contribution < 1.29 is 5.11 Å². The lowest BCUT2D eigenvalue weighted by molar-refractivity contribution is 0.201. The Morgan fingerprint density at radius 2 is 2.38 bits per heavy atom. The second-order valence-corrected chi connectivity index (χ2v) is 6.59. The molecule has 0 saturated carbocycles. The second-order valence-electron chi connectivity index (χ2n) is 2.72. The number of hydrogen-bond donors (Lipinski definition) is 1. The topological polar surface area (TPSA) is 20.2 Å². The Bertz CT molecular complexity index is 250. The zero-order chi connectivity index (χ0) is 9.68. The van der Waals surface area contributed by atoms with Gasteiger partial charge in [-0.3, -0.25) is 0 Å². The van der Waals surface area contributed by atoms with Gasteiger partial charge in [0.15, 0.2) is 0 Å². The fourth-order valence-electron chi connectivity index (χ4n) is 1.01. The summed E-state index contributed by atoms with van der Waals surface area (Å²) in [6.45, 7) is 2.11. The molecule has 0 radical (unpaired) electrons. The molecule has 0 aliphatic heterocycles. The third kappa shape index (κ3) is 4.49. The summed E-state index contributed by atoms with van der Waals surface area (Å²) in [5.41, 5.74) is 0. The molecule has 1 rings (SSSR count). The molecule has 0 bridgehead atoms. The summed E-state index contributed by atoms with van der Waals surface area (Å²) >= 11 is 6.89. The van der Waals surface area contributed by atoms with Crippen molar-refractivity contribution in [2.45, 2.75) is 19.4 Å². The highest BCUT2D eigenvalue weighted by Gasteiger charge is 2.06. The summed E-state index contributed by atoms with van der Waals surface area (Å²) in [5, 5.41) is 9.61. The monoisotopic (exact) mass is 280 g/mol. The molecule has 4 heteroatoms. The van der Waals surface area contributed by atoms with Crippen LogP contribution >= 0.6 is 39.0 Å². The molecule has 0 saturated heterocycles. The fourth-order valence-corrected chi connectivity index (χ4v) is 3.19. The minimum Gasteiger partial charge on any atom is -0.392 e. The Morgan fingerprint density at radius 1 is 1.62 bits per heavy atom. The van der Waals surface area contributed by atoms with Crippen molar-refractivity contribution in [2.24, 2.45) is 0 Å². The Morgan fingerprint density at radius 3 is 2.92 bits per heavy atom. The molecule has 1 N–H and O–H groups in total. The number of thioether (sulfide) groups is 1. The third-order valence-corrected chi connectivity index (χ3v) is 4.25. The van der Waals surface area contributed by atoms with E-state index in [4.69, 9.17) is 0 Å². The van der Waals surface area contributed by atoms with Gasteiger partial charge in [0.2, 0.25) is 0 Å². The van der Waals surface area contributed by atoms with Crippen LogP contribution in [-0.2, 0) is 6.42 Å². The first kappa shape index (κ1) is 11.6. The maximum absolute atomic E-state index is 9.61. The summed E-state index contributed by atoms with van der Waals surface area (Å²) < 4.78 is 1.14. The number of halogens is 1. The second kappa shape index (κ2) is 6.06. The number of hydrogen-bond acceptors (Lipinski definition) is 3. The van der Waals surface area contributed by atoms with E-state index >= 15 is 0 Å². The van der Waals surface area contributed by atoms with Crippen LogP contribution < -0.4 is 0 Å². The van der Waals surface area contributed by atoms with Crippen molar-refractivity contribution >= 4 is 39.0 Å². The van der Waals surface area contributed by atoms with Crippen LogP contribution in [0.15, 0.2) is 15.9 Å². The van der Waals surface area contributed by atoms with Gasteiger partial charge in [-0.05, 0) is 33.8 Å². The van der Waals surface area contributed by atoms with Crippen molar-refractivity contribution in [3.05, 3.63) is 20.8 Å². The minimum absolute atomic E-state index is 0.199. The summed E-state index contributed by atoms with van der Waals surface area (Å²) in [5.74, 6) is 1.91. The maximum atomic E-state index is 9.61. The molecule has 0 aliphatic carbocycles. The SMILES string of the molecule is CCSCC(O)Cc1ccc(Br)s1. The minimum atomic E-state index is -0.199. The lowest BCUT2D eigenvalue weighted by atomic mass is 10.2. The average molecular weight is 281 g/mol. The van der Waals surface area contributed by atoms with Gasteiger partial charge < -0.3 is 5.11 Å². The normalized spacial score (nSPS) is 13.2. The molecule has 1 nitrogen and oxygen atoms in total. The highest BCUT2D eigenvalue weighted by molar-refractivity contribution is 9.11. The number of aliphatic hydroxyl groups is 1. The third-order valence-electron chi connectivity index (χ3n) is 1.58. The predicted octanol–water partition coefficient (Wildman–Crippen LogP) is 3.17. The van der Waals surface area contributed by atoms with Crippen LogP contribution in [0, 0.1) is 0 Å². The van der Waals surface area contributed by atoms with E-state index in [2.05, 4.69) is 28.9 Å². The summed E-state index contributed by atoms with van der Waals surface area (Å²) in [7, 11) is 0. The first-order chi connectivity index (χ1) is 6.22. The molecule has 1 aromatic rings. The van der Waals surface area contributed by atoms with E-state index in [1.54, 1.807) is 23.1 Å². The zero-order valence-corrected chi connectivity index (χ0v) is 10.7. The summed E-state index contributed by atoms with van der Waals surface area (Å²) in [6, 6.07) is 4.09. The van der Waals surface area contributed by atoms with Crippen molar-refractivity contribution in [3.8, 4) is 0 Å². The van der Waals surface area contributed by atoms with E-state index in [1.165, 1.54) is 4.88 Å². The smallest absolute Gasteiger partial charge is 0.0701 e. The first-order valence-electron chi connectivity index (χ1n) is 4.22. The van der Waals surface area contributed by atoms with Gasteiger partial charge >= 0.3 is 0 Å². The van der Waals surface area contributed by atoms with Crippen LogP contribution in [0.3, 0.4) is 0 Å². The highest BCUT2D eigenvalue weighted by Crippen LogP contribution is 2.23. The Kier molecular flexibility index (Phi) is 5.39. The molecular weight excluding hydrogens is 268 g/mol. The van der Waals surface area contributed by atoms with Crippen molar-refractivity contribution in [2.75, 3.05) is 11.5 Å². The van der Waals surface area contributed by atoms with Gasteiger partial charge in [0.25, 0.3) is 0 Å². The van der Waals surface area contributed by atoms with Gasteiger partial charge in [-0.2, -0.15) is 11.8 Å². The van der Waals surface area contributed by atoms with E-state index in [0.717, 1.165) is 21.7 Å². The zero-order valence-electron chi connectivity index (χ0n) is 7.50. The van der Waals surface area contributed by atoms with Gasteiger partial charge in [0.05, 0.1) is 9.89 Å². The van der Waals surface area contributed by atoms with Gasteiger partial charge in [-0.15, -0.1) is 11.3 Å². The molecule has 0 amide bonds. The van der Waals surface area contributed by atoms with Gasteiger partial charge in [0, 0.05) is 17.1 Å². The molecular formula is C9H13BrOS2. The molecule has 74 valence electrons. The molecule has 0 aromatic carbocycles. The molecule has 1 unspecified atom stereocenters. The molecule has 1 heterocycles. The first-order valence-corrected chi connectivity index (χ1v) is 6.98. The summed E-state index contributed by atoms with van der Waals surface area (Å²) in [6.07, 6.45) is 0.582. The van der Waals surface area contributed by atoms with Crippen molar-refractivity contribution in [3.63, 3.8) is 0 Å². The molecule has 0 aliphatic rings. The molecule has 13 heavy (non-hydrogen) atoms. The van der Waals surface area contributed by atoms with E-state index < -0.39 is 0 Å². The highest BCUT2D eigenvalue weighted by atomic mass is 79.9. The van der Waals surface area contributed by atoms with Crippen LogP contribution in [0.4, 0.5) is 0 Å². The van der Waals surface area contributed by atoms with Crippen LogP contribution in [0.5, 0.6) is 0 Å². The molecule has 0 fully saturated rings. The van der Waals surface area contributed by atoms with Crippen LogP contribution in [0.2, 0.25) is 0 Å². The van der Waals surface area contributed by atoms with E-state index in [-0.39, 0.29) is 6.10 Å². The Hall–Kier alpha value is 0.490. The van der Waals surface area contributed by atoms with Gasteiger partial charge in [0.1, 0.15) is 0 Å². The quantitative estimate of drug-likeness (QED) is 0.894. The Labute approximate surface area is 95.7 Å². The lowest BCUT2D eigenvalue weighted by Crippen LogP contribution is -2.12. The van der Waals surface area contributed by atoms with E-state index in [1.807, 2.05) is 6.07 Å². The predicted molar refractivity (Wildman–Crippen MR) is 64.7 cm³/mol. The lowest BCUT2D eigenvalue weighted by Gasteiger charge is -2.07. The van der Waals surface area contributed by atoms with Crippen LogP contribution in [-0.4, -0.2) is 22.7 Å². The largest absolute Gasteiger partial charge is 0.392 e. The number of thiophene rings is 1. The Balaban J connectivity index is 2.31. The standard InChI is InChI=1S/C9H13BrOS2/c1-2-12-6-7(11)5-8-3-4-9(10)13-8/h3-4,7,11H,2,5-6H2,1H3. The average Bonchev–Trinajstić information content (AvgIpc) is 2.48. The number of aliphatic hydroxyl groups excluding tert-OH is 1. The summed E-state index contributed by atoms with van der Waals surface area (Å²) in [4.78, 5) is 1.25. The molecule has 1 atom stereocenters. The molecule has 0 spiro atoms. The van der Waals surface area contributed by atoms with Crippen LogP contribution in [0.1, 0.15) is 11.8 Å². The van der Waals surface area contributed by atoms with Crippen molar-refractivity contribution in [1.29, 1.82) is 0 Å². The maximum Gasteiger partial charge on any atom is 0.0701 e. The number of rotatable bonds is 5. The van der Waals surface area contributed by atoms with Crippen LogP contribution in [0.25, 0.3) is 0 Å². The molecule has 1 aromatic heterocycles. The van der Waals surface area contributed by atoms with E-state index in [0.29, 0.717) is 0 Å². The van der Waals surface area contributed by atoms with E-state index in [9.17, 15) is 5.11 Å². The fraction of sp³-hybridized carbons (Fsp3) is 0.556. The van der Waals surface area contributed by atoms with Gasteiger partial charge in [-0.25, -0.2) is 0 Å². The van der Waals surface area contributed by atoms with Gasteiger partial charge in [-0.1, -0.05) is 6.92 Å².